The Morgan fingerprint density at radius 1 is 1.06 bits per heavy atom. The SMILES string of the molecule is C.Cc1cc(F)ccc1-c1nc(NC[C@H](C)O)nc2c1ccc(=O)n2-c1c(F)cccc1F. The highest BCUT2D eigenvalue weighted by atomic mass is 19.1. The highest BCUT2D eigenvalue weighted by molar-refractivity contribution is 5.93. The smallest absolute Gasteiger partial charge is 0.256 e. The molecule has 2 heterocycles. The van der Waals surface area contributed by atoms with Crippen LogP contribution < -0.4 is 10.9 Å². The van der Waals surface area contributed by atoms with E-state index in [9.17, 15) is 23.1 Å². The first-order chi connectivity index (χ1) is 15.3. The molecular formula is C24H23F3N4O2. The highest BCUT2D eigenvalue weighted by Gasteiger charge is 2.20. The minimum Gasteiger partial charge on any atom is -0.392 e. The van der Waals surface area contributed by atoms with E-state index in [4.69, 9.17) is 0 Å². The van der Waals surface area contributed by atoms with E-state index in [1.165, 1.54) is 36.4 Å². The van der Waals surface area contributed by atoms with Crippen molar-refractivity contribution in [3.05, 3.63) is 81.9 Å². The summed E-state index contributed by atoms with van der Waals surface area (Å²) in [6.07, 6.45) is -0.729. The second kappa shape index (κ2) is 9.41. The molecule has 2 N–H and O–H groups in total. The Bertz CT molecular complexity index is 1370. The third-order valence-electron chi connectivity index (χ3n) is 4.91. The third-order valence-corrected chi connectivity index (χ3v) is 4.91. The molecule has 0 saturated heterocycles. The number of anilines is 1. The van der Waals surface area contributed by atoms with Crippen LogP contribution in [-0.4, -0.2) is 32.3 Å². The monoisotopic (exact) mass is 456 g/mol. The summed E-state index contributed by atoms with van der Waals surface area (Å²) in [5.41, 5.74) is 0.169. The third kappa shape index (κ3) is 4.58. The number of para-hydroxylation sites is 1. The van der Waals surface area contributed by atoms with Gasteiger partial charge < -0.3 is 10.4 Å². The molecule has 6 nitrogen and oxygen atoms in total. The topological polar surface area (TPSA) is 80.0 Å². The van der Waals surface area contributed by atoms with Crippen molar-refractivity contribution >= 4 is 17.0 Å². The zero-order chi connectivity index (χ0) is 23.0. The van der Waals surface area contributed by atoms with Gasteiger partial charge in [-0.15, -0.1) is 0 Å². The molecule has 0 saturated carbocycles. The summed E-state index contributed by atoms with van der Waals surface area (Å²) in [5.74, 6) is -2.26. The van der Waals surface area contributed by atoms with Gasteiger partial charge in [0.25, 0.3) is 5.56 Å². The van der Waals surface area contributed by atoms with Crippen molar-refractivity contribution in [2.24, 2.45) is 0 Å². The van der Waals surface area contributed by atoms with Gasteiger partial charge in [-0.25, -0.2) is 18.2 Å². The lowest BCUT2D eigenvalue weighted by atomic mass is 10.0. The maximum atomic E-state index is 14.6. The number of fused-ring (bicyclic) bond motifs is 1. The summed E-state index contributed by atoms with van der Waals surface area (Å²) >= 11 is 0. The molecule has 0 aliphatic carbocycles. The average Bonchev–Trinajstić information content (AvgIpc) is 2.73. The number of hydrogen-bond acceptors (Lipinski definition) is 5. The first kappa shape index (κ1) is 23.9. The summed E-state index contributed by atoms with van der Waals surface area (Å²) in [7, 11) is 0. The van der Waals surface area contributed by atoms with Crippen LogP contribution in [0.15, 0.2) is 53.3 Å². The van der Waals surface area contributed by atoms with Crippen molar-refractivity contribution in [3.8, 4) is 16.9 Å². The summed E-state index contributed by atoms with van der Waals surface area (Å²) in [6, 6.07) is 10.0. The number of aliphatic hydroxyl groups excluding tert-OH is 1. The molecule has 0 aliphatic heterocycles. The molecule has 0 spiro atoms. The lowest BCUT2D eigenvalue weighted by molar-refractivity contribution is 0.208. The maximum Gasteiger partial charge on any atom is 0.256 e. The van der Waals surface area contributed by atoms with Gasteiger partial charge in [0.05, 0.1) is 11.8 Å². The number of nitrogens with zero attached hydrogens (tertiary/aromatic N) is 3. The normalized spacial score (nSPS) is 11.8. The minimum atomic E-state index is -0.934. The zero-order valence-electron chi connectivity index (χ0n) is 17.2. The number of aryl methyl sites for hydroxylation is 1. The second-order valence-electron chi connectivity index (χ2n) is 7.40. The van der Waals surface area contributed by atoms with Crippen LogP contribution in [0.1, 0.15) is 19.9 Å². The van der Waals surface area contributed by atoms with Crippen LogP contribution >= 0.6 is 0 Å². The Morgan fingerprint density at radius 3 is 2.39 bits per heavy atom. The Morgan fingerprint density at radius 2 is 1.76 bits per heavy atom. The minimum absolute atomic E-state index is 0. The van der Waals surface area contributed by atoms with Gasteiger partial charge in [0, 0.05) is 23.6 Å². The molecule has 1 atom stereocenters. The number of hydrogen-bond donors (Lipinski definition) is 2. The molecule has 0 amide bonds. The molecule has 0 aliphatic rings. The number of nitrogens with one attached hydrogen (secondary N) is 1. The van der Waals surface area contributed by atoms with Crippen LogP contribution in [0.4, 0.5) is 19.1 Å². The number of halogens is 3. The van der Waals surface area contributed by atoms with E-state index in [1.807, 2.05) is 0 Å². The lowest BCUT2D eigenvalue weighted by Crippen LogP contribution is -2.22. The van der Waals surface area contributed by atoms with Gasteiger partial charge >= 0.3 is 0 Å². The molecule has 33 heavy (non-hydrogen) atoms. The van der Waals surface area contributed by atoms with Gasteiger partial charge in [-0.1, -0.05) is 13.5 Å². The summed E-state index contributed by atoms with van der Waals surface area (Å²) in [4.78, 5) is 21.5. The number of aliphatic hydroxyl groups is 1. The summed E-state index contributed by atoms with van der Waals surface area (Å²) in [5, 5.41) is 12.8. The fourth-order valence-corrected chi connectivity index (χ4v) is 3.45. The predicted molar refractivity (Wildman–Crippen MR) is 122 cm³/mol. The summed E-state index contributed by atoms with van der Waals surface area (Å²) < 4.78 is 43.7. The molecule has 0 radical (unpaired) electrons. The Hall–Kier alpha value is -3.72. The van der Waals surface area contributed by atoms with E-state index in [0.29, 0.717) is 22.2 Å². The van der Waals surface area contributed by atoms with Crippen molar-refractivity contribution in [2.75, 3.05) is 11.9 Å². The molecule has 9 heteroatoms. The fraction of sp³-hybridized carbons (Fsp3) is 0.208. The van der Waals surface area contributed by atoms with Crippen LogP contribution in [0.3, 0.4) is 0 Å². The van der Waals surface area contributed by atoms with Crippen molar-refractivity contribution < 1.29 is 18.3 Å². The lowest BCUT2D eigenvalue weighted by Gasteiger charge is -2.16. The van der Waals surface area contributed by atoms with Crippen LogP contribution in [-0.2, 0) is 0 Å². The molecule has 172 valence electrons. The molecule has 4 rings (SSSR count). The Balaban J connectivity index is 0.00000306. The molecule has 0 unspecified atom stereocenters. The first-order valence-electron chi connectivity index (χ1n) is 9.83. The maximum absolute atomic E-state index is 14.6. The zero-order valence-corrected chi connectivity index (χ0v) is 17.2. The first-order valence-corrected chi connectivity index (χ1v) is 9.83. The predicted octanol–water partition coefficient (Wildman–Crippen LogP) is 4.60. The number of benzene rings is 2. The molecular weight excluding hydrogens is 433 g/mol. The van der Waals surface area contributed by atoms with E-state index in [1.54, 1.807) is 13.8 Å². The van der Waals surface area contributed by atoms with Gasteiger partial charge in [-0.3, -0.25) is 9.36 Å². The van der Waals surface area contributed by atoms with Crippen molar-refractivity contribution in [3.63, 3.8) is 0 Å². The number of pyridine rings is 1. The molecule has 2 aromatic heterocycles. The van der Waals surface area contributed by atoms with E-state index in [2.05, 4.69) is 15.3 Å². The molecule has 4 aromatic rings. The average molecular weight is 456 g/mol. The van der Waals surface area contributed by atoms with E-state index < -0.39 is 34.8 Å². The Kier molecular flexibility index (Phi) is 6.83. The van der Waals surface area contributed by atoms with Crippen LogP contribution in [0.25, 0.3) is 28.0 Å². The Labute approximate surface area is 188 Å². The van der Waals surface area contributed by atoms with E-state index in [0.717, 1.165) is 16.7 Å². The second-order valence-corrected chi connectivity index (χ2v) is 7.40. The van der Waals surface area contributed by atoms with Gasteiger partial charge in [0.1, 0.15) is 23.1 Å². The molecule has 0 bridgehead atoms. The fourth-order valence-electron chi connectivity index (χ4n) is 3.45. The largest absolute Gasteiger partial charge is 0.392 e. The van der Waals surface area contributed by atoms with E-state index in [-0.39, 0.29) is 25.6 Å². The van der Waals surface area contributed by atoms with Gasteiger partial charge in [0.15, 0.2) is 5.65 Å². The number of rotatable bonds is 5. The van der Waals surface area contributed by atoms with Gasteiger partial charge in [-0.05, 0) is 55.8 Å². The van der Waals surface area contributed by atoms with Crippen molar-refractivity contribution in [1.29, 1.82) is 0 Å². The van der Waals surface area contributed by atoms with Crippen LogP contribution in [0.2, 0.25) is 0 Å². The molecule has 2 aromatic carbocycles. The van der Waals surface area contributed by atoms with Gasteiger partial charge in [0.2, 0.25) is 5.95 Å². The standard InChI is InChI=1S/C23H19F3N4O2.CH4/c1-12-10-14(24)6-7-15(12)20-16-8-9-19(32)30(21-17(25)4-3-5-18(21)26)22(16)29-23(28-20)27-11-13(2)31;/h3-10,13,31H,11H2,1-2H3,(H,27,28,29);1H4/t13-;/m0./s1. The van der Waals surface area contributed by atoms with Crippen molar-refractivity contribution in [1.82, 2.24) is 14.5 Å². The highest BCUT2D eigenvalue weighted by Crippen LogP contribution is 2.31. The van der Waals surface area contributed by atoms with E-state index >= 15 is 0 Å². The number of aromatic nitrogens is 3. The van der Waals surface area contributed by atoms with Gasteiger partial charge in [-0.2, -0.15) is 4.98 Å². The molecule has 0 fully saturated rings. The van der Waals surface area contributed by atoms with Crippen LogP contribution in [0.5, 0.6) is 0 Å². The quantitative estimate of drug-likeness (QED) is 0.459. The van der Waals surface area contributed by atoms with Crippen LogP contribution in [0, 0.1) is 24.4 Å². The van der Waals surface area contributed by atoms with Crippen molar-refractivity contribution in [2.45, 2.75) is 27.4 Å². The summed E-state index contributed by atoms with van der Waals surface area (Å²) in [6.45, 7) is 3.35.